The summed E-state index contributed by atoms with van der Waals surface area (Å²) in [5.74, 6) is 0. The molecule has 0 spiro atoms. The van der Waals surface area contributed by atoms with Crippen molar-refractivity contribution in [3.63, 3.8) is 0 Å². The quantitative estimate of drug-likeness (QED) is 0.797. The van der Waals surface area contributed by atoms with E-state index in [9.17, 15) is 0 Å². The number of hydrogen-bond donors (Lipinski definition) is 0. The van der Waals surface area contributed by atoms with E-state index in [1.165, 1.54) is 12.8 Å². The molecule has 0 aliphatic carbocycles. The lowest BCUT2D eigenvalue weighted by Crippen LogP contribution is -2.17. The summed E-state index contributed by atoms with van der Waals surface area (Å²) in [6.07, 6.45) is 5.57. The van der Waals surface area contributed by atoms with E-state index in [-0.39, 0.29) is 6.23 Å². The number of imidazole rings is 1. The van der Waals surface area contributed by atoms with Crippen LogP contribution < -0.4 is 0 Å². The third-order valence-electron chi connectivity index (χ3n) is 2.12. The Bertz CT molecular complexity index is 294. The number of rotatable bonds is 1. The first-order chi connectivity index (χ1) is 6.27. The van der Waals surface area contributed by atoms with Gasteiger partial charge in [-0.3, -0.25) is 4.57 Å². The van der Waals surface area contributed by atoms with Crippen LogP contribution in [0.25, 0.3) is 0 Å². The van der Waals surface area contributed by atoms with Crippen molar-refractivity contribution in [1.82, 2.24) is 9.55 Å². The van der Waals surface area contributed by atoms with E-state index in [4.69, 9.17) is 4.74 Å². The summed E-state index contributed by atoms with van der Waals surface area (Å²) >= 11 is 6.73. The first-order valence-electron chi connectivity index (χ1n) is 4.29. The maximum Gasteiger partial charge on any atom is 0.180 e. The fourth-order valence-electron chi connectivity index (χ4n) is 1.49. The minimum Gasteiger partial charge on any atom is -0.358 e. The fourth-order valence-corrected chi connectivity index (χ4v) is 2.64. The number of halogens is 2. The smallest absolute Gasteiger partial charge is 0.180 e. The molecule has 5 heteroatoms. The highest BCUT2D eigenvalue weighted by atomic mass is 79.9. The van der Waals surface area contributed by atoms with E-state index in [0.29, 0.717) is 0 Å². The Morgan fingerprint density at radius 1 is 1.46 bits per heavy atom. The molecule has 1 saturated heterocycles. The average Bonchev–Trinajstić information content (AvgIpc) is 2.47. The Morgan fingerprint density at radius 2 is 2.31 bits per heavy atom. The lowest BCUT2D eigenvalue weighted by molar-refractivity contribution is -0.0334. The van der Waals surface area contributed by atoms with E-state index in [0.717, 1.165) is 22.4 Å². The Balaban J connectivity index is 2.18. The number of hydrogen-bond acceptors (Lipinski definition) is 2. The predicted octanol–water partition coefficient (Wildman–Crippen LogP) is 3.11. The van der Waals surface area contributed by atoms with Gasteiger partial charge in [-0.1, -0.05) is 0 Å². The van der Waals surface area contributed by atoms with Crippen LogP contribution in [0.15, 0.2) is 15.5 Å². The molecule has 0 saturated carbocycles. The largest absolute Gasteiger partial charge is 0.358 e. The Morgan fingerprint density at radius 3 is 2.85 bits per heavy atom. The number of aromatic nitrogens is 2. The fraction of sp³-hybridized carbons (Fsp3) is 0.625. The summed E-state index contributed by atoms with van der Waals surface area (Å²) in [7, 11) is 0. The molecule has 1 aromatic heterocycles. The Labute approximate surface area is 93.7 Å². The molecular formula is C8H10Br2N2O. The van der Waals surface area contributed by atoms with Crippen molar-refractivity contribution in [1.29, 1.82) is 0 Å². The molecule has 1 aliphatic rings. The molecule has 0 radical (unpaired) electrons. The molecule has 3 nitrogen and oxygen atoms in total. The van der Waals surface area contributed by atoms with Crippen LogP contribution in [0.1, 0.15) is 25.5 Å². The molecule has 0 amide bonds. The van der Waals surface area contributed by atoms with Gasteiger partial charge in [-0.25, -0.2) is 4.98 Å². The van der Waals surface area contributed by atoms with Gasteiger partial charge in [0.2, 0.25) is 0 Å². The normalized spacial score (nSPS) is 23.4. The zero-order valence-electron chi connectivity index (χ0n) is 7.04. The van der Waals surface area contributed by atoms with Gasteiger partial charge in [0.05, 0.1) is 0 Å². The Kier molecular flexibility index (Phi) is 3.06. The summed E-state index contributed by atoms with van der Waals surface area (Å²) in [6, 6.07) is 0. The van der Waals surface area contributed by atoms with Gasteiger partial charge < -0.3 is 4.74 Å². The van der Waals surface area contributed by atoms with Crippen LogP contribution in [-0.2, 0) is 4.74 Å². The summed E-state index contributed by atoms with van der Waals surface area (Å²) in [4.78, 5) is 4.20. The lowest BCUT2D eigenvalue weighted by atomic mass is 10.2. The second-order valence-corrected chi connectivity index (χ2v) is 4.58. The number of nitrogens with zero attached hydrogens (tertiary/aromatic N) is 2. The molecule has 72 valence electrons. The predicted molar refractivity (Wildman–Crippen MR) is 56.5 cm³/mol. The number of ether oxygens (including phenoxy) is 1. The van der Waals surface area contributed by atoms with Gasteiger partial charge in [0.15, 0.2) is 4.73 Å². The van der Waals surface area contributed by atoms with E-state index >= 15 is 0 Å². The van der Waals surface area contributed by atoms with E-state index in [2.05, 4.69) is 36.8 Å². The molecular weight excluding hydrogens is 300 g/mol. The van der Waals surface area contributed by atoms with Crippen LogP contribution in [0.4, 0.5) is 0 Å². The highest BCUT2D eigenvalue weighted by molar-refractivity contribution is 9.11. The van der Waals surface area contributed by atoms with E-state index < -0.39 is 0 Å². The minimum atomic E-state index is 0.155. The van der Waals surface area contributed by atoms with Crippen molar-refractivity contribution < 1.29 is 4.74 Å². The van der Waals surface area contributed by atoms with E-state index in [1.54, 1.807) is 0 Å². The summed E-state index contributed by atoms with van der Waals surface area (Å²) in [5.41, 5.74) is 0. The second-order valence-electron chi connectivity index (χ2n) is 3.06. The Hall–Kier alpha value is 0.130. The molecule has 0 aromatic carbocycles. The summed E-state index contributed by atoms with van der Waals surface area (Å²) in [6.45, 7) is 0.854. The van der Waals surface area contributed by atoms with Crippen molar-refractivity contribution in [2.75, 3.05) is 6.61 Å². The van der Waals surface area contributed by atoms with E-state index in [1.807, 2.05) is 10.8 Å². The summed E-state index contributed by atoms with van der Waals surface area (Å²) in [5, 5.41) is 0. The lowest BCUT2D eigenvalue weighted by Gasteiger charge is -2.23. The molecule has 1 aromatic rings. The van der Waals surface area contributed by atoms with Crippen molar-refractivity contribution in [3.05, 3.63) is 15.5 Å². The van der Waals surface area contributed by atoms with Gasteiger partial charge in [-0.05, 0) is 51.1 Å². The average molecular weight is 310 g/mol. The zero-order valence-corrected chi connectivity index (χ0v) is 10.2. The second kappa shape index (κ2) is 4.11. The molecule has 2 heterocycles. The van der Waals surface area contributed by atoms with Crippen molar-refractivity contribution in [2.24, 2.45) is 0 Å². The SMILES string of the molecule is Brc1cn(C2CCCCO2)c(Br)n1. The molecule has 1 aliphatic heterocycles. The zero-order chi connectivity index (χ0) is 9.26. The molecule has 2 rings (SSSR count). The van der Waals surface area contributed by atoms with Gasteiger partial charge in [0, 0.05) is 12.8 Å². The standard InChI is InChI=1S/C8H10Br2N2O/c9-6-5-12(8(10)11-6)7-3-1-2-4-13-7/h5,7H,1-4H2. The molecule has 13 heavy (non-hydrogen) atoms. The third-order valence-corrected chi connectivity index (χ3v) is 3.09. The molecule has 1 unspecified atom stereocenters. The van der Waals surface area contributed by atoms with Gasteiger partial charge >= 0.3 is 0 Å². The minimum absolute atomic E-state index is 0.155. The van der Waals surface area contributed by atoms with Crippen molar-refractivity contribution in [3.8, 4) is 0 Å². The van der Waals surface area contributed by atoms with Crippen LogP contribution in [-0.4, -0.2) is 16.2 Å². The summed E-state index contributed by atoms with van der Waals surface area (Å²) < 4.78 is 9.31. The maximum atomic E-state index is 5.63. The van der Waals surface area contributed by atoms with Crippen LogP contribution in [0, 0.1) is 0 Å². The van der Waals surface area contributed by atoms with Gasteiger partial charge in [0.1, 0.15) is 10.8 Å². The van der Waals surface area contributed by atoms with Crippen LogP contribution in [0.5, 0.6) is 0 Å². The molecule has 0 N–H and O–H groups in total. The third kappa shape index (κ3) is 2.14. The van der Waals surface area contributed by atoms with Gasteiger partial charge in [-0.15, -0.1) is 0 Å². The van der Waals surface area contributed by atoms with Gasteiger partial charge in [-0.2, -0.15) is 0 Å². The molecule has 0 bridgehead atoms. The maximum absolute atomic E-state index is 5.63. The first kappa shape index (κ1) is 9.68. The molecule has 1 fully saturated rings. The van der Waals surface area contributed by atoms with Gasteiger partial charge in [0.25, 0.3) is 0 Å². The van der Waals surface area contributed by atoms with Crippen molar-refractivity contribution >= 4 is 31.9 Å². The molecule has 1 atom stereocenters. The highest BCUT2D eigenvalue weighted by Gasteiger charge is 2.18. The first-order valence-corrected chi connectivity index (χ1v) is 5.87. The van der Waals surface area contributed by atoms with Crippen LogP contribution >= 0.6 is 31.9 Å². The monoisotopic (exact) mass is 308 g/mol. The van der Waals surface area contributed by atoms with Crippen LogP contribution in [0.3, 0.4) is 0 Å². The topological polar surface area (TPSA) is 27.1 Å². The van der Waals surface area contributed by atoms with Crippen molar-refractivity contribution in [2.45, 2.75) is 25.5 Å². The van der Waals surface area contributed by atoms with Crippen LogP contribution in [0.2, 0.25) is 0 Å². The highest BCUT2D eigenvalue weighted by Crippen LogP contribution is 2.27.